The molecular weight excluding hydrogens is 212 g/mol. The molecule has 86 valence electrons. The van der Waals surface area contributed by atoms with Gasteiger partial charge >= 0.3 is 10.4 Å². The number of hydrogen-bond acceptors (Lipinski definition) is 5. The predicted octanol–water partition coefficient (Wildman–Crippen LogP) is 0.105. The van der Waals surface area contributed by atoms with E-state index < -0.39 is 15.8 Å². The molecule has 0 rings (SSSR count). The van der Waals surface area contributed by atoms with Crippen molar-refractivity contribution in [2.75, 3.05) is 34.0 Å². The zero-order valence-electron chi connectivity index (χ0n) is 8.52. The van der Waals surface area contributed by atoms with Crippen LogP contribution < -0.4 is 0 Å². The van der Waals surface area contributed by atoms with Crippen LogP contribution in [-0.2, 0) is 24.1 Å². The molecule has 0 unspecified atom stereocenters. The predicted molar refractivity (Wildman–Crippen MR) is 49.4 cm³/mol. The van der Waals surface area contributed by atoms with Crippen LogP contribution in [0.1, 0.15) is 6.92 Å². The molecule has 0 aromatic carbocycles. The molecule has 0 aliphatic carbocycles. The molecule has 14 heavy (non-hydrogen) atoms. The Morgan fingerprint density at radius 1 is 1.14 bits per heavy atom. The monoisotopic (exact) mass is 228 g/mol. The van der Waals surface area contributed by atoms with Crippen molar-refractivity contribution in [3.05, 3.63) is 0 Å². The van der Waals surface area contributed by atoms with Crippen LogP contribution in [0.5, 0.6) is 0 Å². The highest BCUT2D eigenvalue weighted by molar-refractivity contribution is 7.80. The standard InChI is InChI=1S/C7H16O6S/c1-7(4-11-2,5-12-3)6-13-14(8,9)10/h4-6H2,1-3H3,(H,8,9,10). The Labute approximate surface area is 84.1 Å². The van der Waals surface area contributed by atoms with Crippen molar-refractivity contribution < 1.29 is 26.6 Å². The third-order valence-corrected chi connectivity index (χ3v) is 1.96. The van der Waals surface area contributed by atoms with Crippen molar-refractivity contribution in [2.45, 2.75) is 6.92 Å². The lowest BCUT2D eigenvalue weighted by atomic mass is 9.94. The van der Waals surface area contributed by atoms with Gasteiger partial charge in [-0.05, 0) is 0 Å². The largest absolute Gasteiger partial charge is 0.397 e. The third kappa shape index (κ3) is 6.28. The fraction of sp³-hybridized carbons (Fsp3) is 1.00. The Hall–Kier alpha value is -0.210. The highest BCUT2D eigenvalue weighted by Crippen LogP contribution is 2.18. The van der Waals surface area contributed by atoms with Crippen molar-refractivity contribution >= 4 is 10.4 Å². The van der Waals surface area contributed by atoms with Gasteiger partial charge in [0, 0.05) is 19.6 Å². The molecule has 6 nitrogen and oxygen atoms in total. The summed E-state index contributed by atoms with van der Waals surface area (Å²) in [5, 5.41) is 0. The van der Waals surface area contributed by atoms with E-state index in [1.807, 2.05) is 0 Å². The quantitative estimate of drug-likeness (QED) is 0.622. The van der Waals surface area contributed by atoms with Crippen LogP contribution in [0.4, 0.5) is 0 Å². The SMILES string of the molecule is COCC(C)(COC)COS(=O)(=O)O. The van der Waals surface area contributed by atoms with Crippen molar-refractivity contribution in [3.63, 3.8) is 0 Å². The van der Waals surface area contributed by atoms with Crippen LogP contribution in [0.3, 0.4) is 0 Å². The van der Waals surface area contributed by atoms with Crippen molar-refractivity contribution in [1.29, 1.82) is 0 Å². The van der Waals surface area contributed by atoms with E-state index in [1.54, 1.807) is 6.92 Å². The number of methoxy groups -OCH3 is 2. The molecule has 0 spiro atoms. The Balaban J connectivity index is 4.22. The first-order valence-corrected chi connectivity index (χ1v) is 5.29. The first-order chi connectivity index (χ1) is 6.33. The second-order valence-corrected chi connectivity index (χ2v) is 4.46. The molecule has 7 heteroatoms. The average Bonchev–Trinajstić information content (AvgIpc) is 2.01. The van der Waals surface area contributed by atoms with Gasteiger partial charge in [0.05, 0.1) is 19.8 Å². The van der Waals surface area contributed by atoms with Gasteiger partial charge in [0.1, 0.15) is 0 Å². The van der Waals surface area contributed by atoms with Gasteiger partial charge in [-0.2, -0.15) is 8.42 Å². The van der Waals surface area contributed by atoms with E-state index in [2.05, 4.69) is 4.18 Å². The van der Waals surface area contributed by atoms with Gasteiger partial charge in [-0.1, -0.05) is 6.92 Å². The van der Waals surface area contributed by atoms with Crippen LogP contribution in [0.2, 0.25) is 0 Å². The summed E-state index contributed by atoms with van der Waals surface area (Å²) < 4.78 is 43.1. The Morgan fingerprint density at radius 2 is 1.57 bits per heavy atom. The molecule has 0 atom stereocenters. The second kappa shape index (κ2) is 5.62. The highest BCUT2D eigenvalue weighted by Gasteiger charge is 2.27. The molecule has 0 saturated carbocycles. The van der Waals surface area contributed by atoms with Gasteiger partial charge in [-0.25, -0.2) is 4.18 Å². The zero-order valence-corrected chi connectivity index (χ0v) is 9.33. The average molecular weight is 228 g/mol. The Bertz CT molecular complexity index is 241. The second-order valence-electron chi connectivity index (χ2n) is 3.37. The summed E-state index contributed by atoms with van der Waals surface area (Å²) in [6, 6.07) is 0. The maximum Gasteiger partial charge on any atom is 0.397 e. The van der Waals surface area contributed by atoms with E-state index in [0.717, 1.165) is 0 Å². The number of ether oxygens (including phenoxy) is 2. The molecule has 0 aliphatic heterocycles. The van der Waals surface area contributed by atoms with Crippen molar-refractivity contribution in [1.82, 2.24) is 0 Å². The molecular formula is C7H16O6S. The normalized spacial score (nSPS) is 13.1. The minimum atomic E-state index is -4.41. The smallest absolute Gasteiger partial charge is 0.384 e. The molecule has 1 N–H and O–H groups in total. The number of rotatable bonds is 7. The molecule has 0 fully saturated rings. The van der Waals surface area contributed by atoms with E-state index >= 15 is 0 Å². The summed E-state index contributed by atoms with van der Waals surface area (Å²) in [5.74, 6) is 0. The first-order valence-electron chi connectivity index (χ1n) is 3.93. The summed E-state index contributed by atoms with van der Waals surface area (Å²) in [6.45, 7) is 2.09. The van der Waals surface area contributed by atoms with Crippen molar-refractivity contribution in [2.24, 2.45) is 5.41 Å². The van der Waals surface area contributed by atoms with Gasteiger partial charge in [-0.15, -0.1) is 0 Å². The Kier molecular flexibility index (Phi) is 5.53. The molecule has 0 radical (unpaired) electrons. The lowest BCUT2D eigenvalue weighted by molar-refractivity contribution is -0.00783. The fourth-order valence-electron chi connectivity index (χ4n) is 1.04. The maximum absolute atomic E-state index is 10.3. The lowest BCUT2D eigenvalue weighted by Gasteiger charge is -2.26. The van der Waals surface area contributed by atoms with Gasteiger partial charge in [0.2, 0.25) is 0 Å². The van der Waals surface area contributed by atoms with Gasteiger partial charge in [0.15, 0.2) is 0 Å². The van der Waals surface area contributed by atoms with E-state index in [1.165, 1.54) is 14.2 Å². The van der Waals surface area contributed by atoms with E-state index in [9.17, 15) is 8.42 Å². The highest BCUT2D eigenvalue weighted by atomic mass is 32.3. The van der Waals surface area contributed by atoms with E-state index in [-0.39, 0.29) is 19.8 Å². The van der Waals surface area contributed by atoms with Gasteiger partial charge < -0.3 is 9.47 Å². The van der Waals surface area contributed by atoms with Crippen molar-refractivity contribution in [3.8, 4) is 0 Å². The lowest BCUT2D eigenvalue weighted by Crippen LogP contribution is -2.34. The molecule has 0 bridgehead atoms. The minimum absolute atomic E-state index is 0.187. The van der Waals surface area contributed by atoms with Gasteiger partial charge in [0.25, 0.3) is 0 Å². The van der Waals surface area contributed by atoms with E-state index in [4.69, 9.17) is 14.0 Å². The Morgan fingerprint density at radius 3 is 1.86 bits per heavy atom. The minimum Gasteiger partial charge on any atom is -0.384 e. The summed E-state index contributed by atoms with van der Waals surface area (Å²) in [4.78, 5) is 0. The summed E-state index contributed by atoms with van der Waals surface area (Å²) in [6.07, 6.45) is 0. The molecule has 0 heterocycles. The molecule has 0 saturated heterocycles. The topological polar surface area (TPSA) is 82.1 Å². The molecule has 0 aromatic rings. The number of hydrogen-bond donors (Lipinski definition) is 1. The van der Waals surface area contributed by atoms with E-state index in [0.29, 0.717) is 0 Å². The van der Waals surface area contributed by atoms with Gasteiger partial charge in [-0.3, -0.25) is 4.55 Å². The maximum atomic E-state index is 10.3. The third-order valence-electron chi connectivity index (χ3n) is 1.54. The first kappa shape index (κ1) is 13.8. The van der Waals surface area contributed by atoms with Crippen LogP contribution in [0.25, 0.3) is 0 Å². The fourth-order valence-corrected chi connectivity index (χ4v) is 1.47. The molecule has 0 aromatic heterocycles. The zero-order chi connectivity index (χ0) is 11.2. The van der Waals surface area contributed by atoms with Crippen LogP contribution in [-0.4, -0.2) is 47.0 Å². The summed E-state index contributed by atoms with van der Waals surface area (Å²) >= 11 is 0. The summed E-state index contributed by atoms with van der Waals surface area (Å²) in [5.41, 5.74) is -0.598. The molecule has 0 aliphatic rings. The van der Waals surface area contributed by atoms with Crippen LogP contribution in [0.15, 0.2) is 0 Å². The molecule has 0 amide bonds. The van der Waals surface area contributed by atoms with Crippen LogP contribution in [0, 0.1) is 5.41 Å². The van der Waals surface area contributed by atoms with Crippen LogP contribution >= 0.6 is 0 Å². The summed E-state index contributed by atoms with van der Waals surface area (Å²) in [7, 11) is -1.43.